The lowest BCUT2D eigenvalue weighted by Gasteiger charge is -2.23. The fraction of sp³-hybridized carbons (Fsp3) is 0.412. The first-order valence-electron chi connectivity index (χ1n) is 7.33. The molecule has 1 saturated heterocycles. The molecule has 1 aliphatic rings. The third kappa shape index (κ3) is 3.16. The second kappa shape index (κ2) is 6.51. The molecular weight excluding hydrogens is 246 g/mol. The van der Waals surface area contributed by atoms with Crippen LogP contribution in [0.5, 0.6) is 0 Å². The molecule has 0 radical (unpaired) electrons. The third-order valence-corrected chi connectivity index (χ3v) is 3.94. The van der Waals surface area contributed by atoms with Crippen molar-refractivity contribution >= 4 is 11.5 Å². The first-order chi connectivity index (χ1) is 9.63. The van der Waals surface area contributed by atoms with Gasteiger partial charge in [0.25, 0.3) is 0 Å². The predicted octanol–water partition coefficient (Wildman–Crippen LogP) is 3.85. The fourth-order valence-corrected chi connectivity index (χ4v) is 2.68. The van der Waals surface area contributed by atoms with Gasteiger partial charge in [0.05, 0.1) is 5.71 Å². The molecule has 0 aromatic heterocycles. The lowest BCUT2D eigenvalue weighted by molar-refractivity contribution is 0.414. The summed E-state index contributed by atoms with van der Waals surface area (Å²) < 4.78 is 0. The van der Waals surface area contributed by atoms with E-state index >= 15 is 0 Å². The maximum Gasteiger partial charge on any atom is 0.121 e. The minimum absolute atomic E-state index is 0.447. The molecule has 0 amide bonds. The molecule has 0 aliphatic carbocycles. The number of amidine groups is 1. The second-order valence-corrected chi connectivity index (χ2v) is 5.33. The lowest BCUT2D eigenvalue weighted by atomic mass is 10.00. The van der Waals surface area contributed by atoms with Gasteiger partial charge in [-0.25, -0.2) is 0 Å². The smallest absolute Gasteiger partial charge is 0.121 e. The Bertz CT molecular complexity index is 516. The Morgan fingerprint density at radius 2 is 2.00 bits per heavy atom. The van der Waals surface area contributed by atoms with Crippen molar-refractivity contribution in [2.24, 2.45) is 0 Å². The van der Waals surface area contributed by atoms with Gasteiger partial charge in [-0.05, 0) is 43.4 Å². The van der Waals surface area contributed by atoms with E-state index in [1.54, 1.807) is 0 Å². The van der Waals surface area contributed by atoms with Crippen LogP contribution in [0.25, 0.3) is 0 Å². The van der Waals surface area contributed by atoms with E-state index in [4.69, 9.17) is 10.8 Å². The maximum atomic E-state index is 8.32. The van der Waals surface area contributed by atoms with Gasteiger partial charge in [-0.2, -0.15) is 0 Å². The van der Waals surface area contributed by atoms with Crippen LogP contribution in [0.1, 0.15) is 38.7 Å². The standard InChI is InChI=1S/C17H23N3/c1-3-14(17(19)15-9-5-4-6-10-15)12-16(18)20-11-7-8-13(20)2/h4-6,9-10,12-13,18-19H,3,7-8,11H2,1-2H3/b14-12-,18-16?,19-17?. The van der Waals surface area contributed by atoms with Gasteiger partial charge in [-0.3, -0.25) is 10.8 Å². The quantitative estimate of drug-likeness (QED) is 0.633. The molecule has 1 aromatic rings. The van der Waals surface area contributed by atoms with Crippen molar-refractivity contribution in [3.8, 4) is 0 Å². The molecule has 3 heteroatoms. The Balaban J connectivity index is 2.17. The molecule has 0 spiro atoms. The summed E-state index contributed by atoms with van der Waals surface area (Å²) in [5.41, 5.74) is 2.38. The molecule has 0 bridgehead atoms. The summed E-state index contributed by atoms with van der Waals surface area (Å²) in [6.45, 7) is 5.18. The third-order valence-electron chi connectivity index (χ3n) is 3.94. The number of hydrogen-bond acceptors (Lipinski definition) is 2. The van der Waals surface area contributed by atoms with Gasteiger partial charge < -0.3 is 4.90 Å². The number of likely N-dealkylation sites (tertiary alicyclic amines) is 1. The zero-order valence-electron chi connectivity index (χ0n) is 12.3. The van der Waals surface area contributed by atoms with E-state index in [1.165, 1.54) is 0 Å². The summed E-state index contributed by atoms with van der Waals surface area (Å²) in [5.74, 6) is 0.549. The molecule has 2 N–H and O–H groups in total. The van der Waals surface area contributed by atoms with Crippen LogP contribution < -0.4 is 0 Å². The summed E-state index contributed by atoms with van der Waals surface area (Å²) in [4.78, 5) is 2.13. The molecule has 1 aromatic carbocycles. The monoisotopic (exact) mass is 269 g/mol. The van der Waals surface area contributed by atoms with Gasteiger partial charge in [0.15, 0.2) is 0 Å². The first-order valence-corrected chi connectivity index (χ1v) is 7.33. The summed E-state index contributed by atoms with van der Waals surface area (Å²) >= 11 is 0. The largest absolute Gasteiger partial charge is 0.354 e. The van der Waals surface area contributed by atoms with Gasteiger partial charge in [0.1, 0.15) is 5.84 Å². The van der Waals surface area contributed by atoms with Gasteiger partial charge in [0.2, 0.25) is 0 Å². The average molecular weight is 269 g/mol. The van der Waals surface area contributed by atoms with E-state index in [1.807, 2.05) is 43.3 Å². The summed E-state index contributed by atoms with van der Waals surface area (Å²) in [6, 6.07) is 10.2. The first kappa shape index (κ1) is 14.5. The van der Waals surface area contributed by atoms with Crippen LogP contribution in [0.15, 0.2) is 42.0 Å². The van der Waals surface area contributed by atoms with E-state index in [-0.39, 0.29) is 0 Å². The SMILES string of the molecule is CC/C(=C/C(=N)N1CCCC1C)C(=N)c1ccccc1. The number of rotatable bonds is 4. The van der Waals surface area contributed by atoms with Crippen LogP contribution in [-0.4, -0.2) is 29.0 Å². The van der Waals surface area contributed by atoms with E-state index in [0.29, 0.717) is 17.6 Å². The zero-order valence-corrected chi connectivity index (χ0v) is 12.3. The maximum absolute atomic E-state index is 8.32. The molecule has 1 unspecified atom stereocenters. The average Bonchev–Trinajstić information content (AvgIpc) is 2.91. The highest BCUT2D eigenvalue weighted by Crippen LogP contribution is 2.19. The van der Waals surface area contributed by atoms with Crippen LogP contribution in [0.4, 0.5) is 0 Å². The van der Waals surface area contributed by atoms with Crippen LogP contribution in [0.3, 0.4) is 0 Å². The van der Waals surface area contributed by atoms with Crippen molar-refractivity contribution in [3.05, 3.63) is 47.5 Å². The highest BCUT2D eigenvalue weighted by molar-refractivity contribution is 6.13. The highest BCUT2D eigenvalue weighted by Gasteiger charge is 2.22. The minimum Gasteiger partial charge on any atom is -0.354 e. The zero-order chi connectivity index (χ0) is 14.5. The van der Waals surface area contributed by atoms with E-state index in [2.05, 4.69) is 11.8 Å². The van der Waals surface area contributed by atoms with Crippen LogP contribution in [0.2, 0.25) is 0 Å². The number of allylic oxidation sites excluding steroid dienone is 1. The molecular formula is C17H23N3. The molecule has 3 nitrogen and oxygen atoms in total. The number of hydrogen-bond donors (Lipinski definition) is 2. The minimum atomic E-state index is 0.447. The van der Waals surface area contributed by atoms with Crippen LogP contribution >= 0.6 is 0 Å². The Labute approximate surface area is 121 Å². The van der Waals surface area contributed by atoms with Gasteiger partial charge >= 0.3 is 0 Å². The van der Waals surface area contributed by atoms with Gasteiger partial charge in [-0.1, -0.05) is 37.3 Å². The molecule has 1 fully saturated rings. The Kier molecular flexibility index (Phi) is 4.72. The lowest BCUT2D eigenvalue weighted by Crippen LogP contribution is -2.32. The van der Waals surface area contributed by atoms with Crippen molar-refractivity contribution in [1.29, 1.82) is 10.8 Å². The fourth-order valence-electron chi connectivity index (χ4n) is 2.68. The van der Waals surface area contributed by atoms with Crippen molar-refractivity contribution in [2.45, 2.75) is 39.2 Å². The van der Waals surface area contributed by atoms with E-state index in [0.717, 1.165) is 36.9 Å². The Hall–Kier alpha value is -1.90. The van der Waals surface area contributed by atoms with E-state index in [9.17, 15) is 0 Å². The molecule has 106 valence electrons. The number of nitrogens with zero attached hydrogens (tertiary/aromatic N) is 1. The molecule has 1 heterocycles. The highest BCUT2D eigenvalue weighted by atomic mass is 15.2. The molecule has 1 aliphatic heterocycles. The van der Waals surface area contributed by atoms with Crippen LogP contribution in [0, 0.1) is 10.8 Å². The van der Waals surface area contributed by atoms with Crippen molar-refractivity contribution in [1.82, 2.24) is 4.90 Å². The summed E-state index contributed by atoms with van der Waals surface area (Å²) in [5, 5.41) is 16.6. The Morgan fingerprint density at radius 1 is 1.30 bits per heavy atom. The Morgan fingerprint density at radius 3 is 2.55 bits per heavy atom. The molecule has 2 rings (SSSR count). The van der Waals surface area contributed by atoms with E-state index < -0.39 is 0 Å². The number of benzene rings is 1. The summed E-state index contributed by atoms with van der Waals surface area (Å²) in [6.07, 6.45) is 4.97. The molecule has 1 atom stereocenters. The topological polar surface area (TPSA) is 50.9 Å². The van der Waals surface area contributed by atoms with Gasteiger partial charge in [-0.15, -0.1) is 0 Å². The van der Waals surface area contributed by atoms with Crippen molar-refractivity contribution in [3.63, 3.8) is 0 Å². The number of nitrogens with one attached hydrogen (secondary N) is 2. The molecule has 0 saturated carbocycles. The molecule has 20 heavy (non-hydrogen) atoms. The van der Waals surface area contributed by atoms with Gasteiger partial charge in [0, 0.05) is 12.6 Å². The normalized spacial score (nSPS) is 19.2. The predicted molar refractivity (Wildman–Crippen MR) is 84.8 cm³/mol. The van der Waals surface area contributed by atoms with Crippen LogP contribution in [-0.2, 0) is 0 Å². The van der Waals surface area contributed by atoms with Crippen molar-refractivity contribution in [2.75, 3.05) is 6.54 Å². The second-order valence-electron chi connectivity index (χ2n) is 5.33. The summed E-state index contributed by atoms with van der Waals surface area (Å²) in [7, 11) is 0. The van der Waals surface area contributed by atoms with Crippen molar-refractivity contribution < 1.29 is 0 Å².